The molecule has 2 rings (SSSR count). The molecule has 1 heterocycles. The van der Waals surface area contributed by atoms with Crippen LogP contribution in [0, 0.1) is 0 Å². The average molecular weight is 366 g/mol. The van der Waals surface area contributed by atoms with Crippen LogP contribution >= 0.6 is 27.3 Å². The molecule has 0 bridgehead atoms. The Kier molecular flexibility index (Phi) is 5.30. The van der Waals surface area contributed by atoms with Gasteiger partial charge in [-0.1, -0.05) is 30.3 Å². The maximum Gasteiger partial charge on any atom is 0.330 e. The Hall–Kier alpha value is -1.92. The Morgan fingerprint density at radius 1 is 1.19 bits per heavy atom. The lowest BCUT2D eigenvalue weighted by Crippen LogP contribution is -2.32. The summed E-state index contributed by atoms with van der Waals surface area (Å²) in [4.78, 5) is 24.0. The van der Waals surface area contributed by atoms with E-state index < -0.39 is 17.9 Å². The number of rotatable bonds is 5. The third kappa shape index (κ3) is 4.54. The lowest BCUT2D eigenvalue weighted by atomic mass is 10.1. The first kappa shape index (κ1) is 15.5. The van der Waals surface area contributed by atoms with E-state index in [1.54, 1.807) is 36.4 Å². The van der Waals surface area contributed by atoms with E-state index in [1.807, 2.05) is 12.1 Å². The minimum Gasteiger partial charge on any atom is -0.479 e. The van der Waals surface area contributed by atoms with Gasteiger partial charge in [-0.3, -0.25) is 4.79 Å². The number of carbonyl (C=O) groups excluding carboxylic acids is 1. The number of carboxylic acid groups (broad SMARTS) is 1. The standard InChI is InChI=1S/C15H12BrNO3S/c16-12-8-6-11(21-12)7-9-13(18)17-14(15(19)20)10-4-2-1-3-5-10/h1-9,14H,(H,17,18)(H,19,20)/b9-7+. The lowest BCUT2D eigenvalue weighted by Gasteiger charge is -2.13. The smallest absolute Gasteiger partial charge is 0.330 e. The number of carboxylic acids is 1. The zero-order valence-corrected chi connectivity index (χ0v) is 13.2. The van der Waals surface area contributed by atoms with Crippen LogP contribution in [0.4, 0.5) is 0 Å². The Morgan fingerprint density at radius 2 is 1.90 bits per heavy atom. The van der Waals surface area contributed by atoms with Crippen molar-refractivity contribution in [1.29, 1.82) is 0 Å². The Morgan fingerprint density at radius 3 is 2.48 bits per heavy atom. The fourth-order valence-electron chi connectivity index (χ4n) is 1.70. The van der Waals surface area contributed by atoms with Crippen molar-refractivity contribution in [3.63, 3.8) is 0 Å². The number of hydrogen-bond donors (Lipinski definition) is 2. The minimum atomic E-state index is -1.10. The van der Waals surface area contributed by atoms with Gasteiger partial charge in [0.1, 0.15) is 0 Å². The van der Waals surface area contributed by atoms with Crippen molar-refractivity contribution in [3.8, 4) is 0 Å². The third-order valence-corrected chi connectivity index (χ3v) is 4.25. The molecule has 1 unspecified atom stereocenters. The second-order valence-corrected chi connectivity index (χ2v) is 6.66. The van der Waals surface area contributed by atoms with Gasteiger partial charge in [0.25, 0.3) is 0 Å². The van der Waals surface area contributed by atoms with Crippen LogP contribution in [0.5, 0.6) is 0 Å². The maximum atomic E-state index is 11.8. The zero-order valence-electron chi connectivity index (χ0n) is 10.8. The molecule has 0 saturated carbocycles. The van der Waals surface area contributed by atoms with Gasteiger partial charge in [0.2, 0.25) is 5.91 Å². The molecule has 4 nitrogen and oxygen atoms in total. The Balaban J connectivity index is 2.05. The van der Waals surface area contributed by atoms with Gasteiger partial charge in [0, 0.05) is 11.0 Å². The number of amides is 1. The molecule has 6 heteroatoms. The van der Waals surface area contributed by atoms with Crippen molar-refractivity contribution >= 4 is 45.2 Å². The molecule has 2 aromatic rings. The van der Waals surface area contributed by atoms with Gasteiger partial charge in [-0.15, -0.1) is 11.3 Å². The topological polar surface area (TPSA) is 66.4 Å². The highest BCUT2D eigenvalue weighted by Gasteiger charge is 2.20. The summed E-state index contributed by atoms with van der Waals surface area (Å²) >= 11 is 4.82. The molecule has 1 atom stereocenters. The molecular formula is C15H12BrNO3S. The molecule has 1 aromatic heterocycles. The van der Waals surface area contributed by atoms with E-state index in [-0.39, 0.29) is 0 Å². The summed E-state index contributed by atoms with van der Waals surface area (Å²) in [6.07, 6.45) is 2.98. The summed E-state index contributed by atoms with van der Waals surface area (Å²) in [7, 11) is 0. The summed E-state index contributed by atoms with van der Waals surface area (Å²) in [5, 5.41) is 11.7. The second-order valence-electron chi connectivity index (χ2n) is 4.17. The monoisotopic (exact) mass is 365 g/mol. The summed E-state index contributed by atoms with van der Waals surface area (Å²) < 4.78 is 0.968. The summed E-state index contributed by atoms with van der Waals surface area (Å²) in [5.41, 5.74) is 0.533. The van der Waals surface area contributed by atoms with Crippen molar-refractivity contribution in [2.75, 3.05) is 0 Å². The molecule has 21 heavy (non-hydrogen) atoms. The molecule has 0 aliphatic heterocycles. The number of benzene rings is 1. The highest BCUT2D eigenvalue weighted by Crippen LogP contribution is 2.23. The van der Waals surface area contributed by atoms with E-state index >= 15 is 0 Å². The number of nitrogens with one attached hydrogen (secondary N) is 1. The average Bonchev–Trinajstić information content (AvgIpc) is 2.89. The fraction of sp³-hybridized carbons (Fsp3) is 0.0667. The molecule has 0 fully saturated rings. The third-order valence-electron chi connectivity index (χ3n) is 2.66. The predicted molar refractivity (Wildman–Crippen MR) is 86.0 cm³/mol. The summed E-state index contributed by atoms with van der Waals surface area (Å²) in [6.45, 7) is 0. The largest absolute Gasteiger partial charge is 0.479 e. The SMILES string of the molecule is O=C(/C=C/c1ccc(Br)s1)NC(C(=O)O)c1ccccc1. The number of aliphatic carboxylic acids is 1. The molecule has 1 amide bonds. The normalized spacial score (nSPS) is 12.2. The quantitative estimate of drug-likeness (QED) is 0.797. The fourth-order valence-corrected chi connectivity index (χ4v) is 3.03. The van der Waals surface area contributed by atoms with Gasteiger partial charge >= 0.3 is 5.97 Å². The number of carbonyl (C=O) groups is 2. The number of thiophene rings is 1. The van der Waals surface area contributed by atoms with E-state index in [4.69, 9.17) is 0 Å². The Bertz CT molecular complexity index is 667. The molecule has 1 aromatic carbocycles. The van der Waals surface area contributed by atoms with Crippen LogP contribution in [0.2, 0.25) is 0 Å². The number of hydrogen-bond acceptors (Lipinski definition) is 3. The highest BCUT2D eigenvalue weighted by atomic mass is 79.9. The first-order chi connectivity index (χ1) is 10.1. The van der Waals surface area contributed by atoms with E-state index in [1.165, 1.54) is 17.4 Å². The van der Waals surface area contributed by atoms with Crippen LogP contribution in [0.25, 0.3) is 6.08 Å². The van der Waals surface area contributed by atoms with Crippen LogP contribution in [-0.2, 0) is 9.59 Å². The zero-order chi connectivity index (χ0) is 15.2. The molecule has 0 aliphatic rings. The van der Waals surface area contributed by atoms with E-state index in [0.717, 1.165) is 8.66 Å². The van der Waals surface area contributed by atoms with Gasteiger partial charge in [-0.05, 0) is 39.7 Å². The molecule has 0 radical (unpaired) electrons. The maximum absolute atomic E-state index is 11.8. The summed E-state index contributed by atoms with van der Waals surface area (Å²) in [5.74, 6) is -1.54. The van der Waals surface area contributed by atoms with Crippen molar-refractivity contribution in [2.45, 2.75) is 6.04 Å². The van der Waals surface area contributed by atoms with Crippen LogP contribution in [0.1, 0.15) is 16.5 Å². The lowest BCUT2D eigenvalue weighted by molar-refractivity contribution is -0.141. The molecule has 0 saturated heterocycles. The van der Waals surface area contributed by atoms with Crippen molar-refractivity contribution < 1.29 is 14.7 Å². The van der Waals surface area contributed by atoms with Crippen LogP contribution in [0.3, 0.4) is 0 Å². The van der Waals surface area contributed by atoms with Crippen LogP contribution in [0.15, 0.2) is 52.3 Å². The van der Waals surface area contributed by atoms with E-state index in [9.17, 15) is 14.7 Å². The molecule has 2 N–H and O–H groups in total. The van der Waals surface area contributed by atoms with Gasteiger partial charge in [-0.2, -0.15) is 0 Å². The minimum absolute atomic E-state index is 0.448. The molecular weight excluding hydrogens is 354 g/mol. The molecule has 0 aliphatic carbocycles. The molecule has 0 spiro atoms. The highest BCUT2D eigenvalue weighted by molar-refractivity contribution is 9.11. The van der Waals surface area contributed by atoms with Gasteiger partial charge in [-0.25, -0.2) is 4.79 Å². The van der Waals surface area contributed by atoms with Crippen molar-refractivity contribution in [1.82, 2.24) is 5.32 Å². The molecule has 108 valence electrons. The van der Waals surface area contributed by atoms with Crippen LogP contribution < -0.4 is 5.32 Å². The predicted octanol–water partition coefficient (Wildman–Crippen LogP) is 3.47. The van der Waals surface area contributed by atoms with Crippen molar-refractivity contribution in [3.05, 3.63) is 62.8 Å². The first-order valence-electron chi connectivity index (χ1n) is 6.08. The van der Waals surface area contributed by atoms with Crippen LogP contribution in [-0.4, -0.2) is 17.0 Å². The summed E-state index contributed by atoms with van der Waals surface area (Å²) in [6, 6.07) is 11.3. The Labute approximate surface area is 134 Å². The van der Waals surface area contributed by atoms with Gasteiger partial charge < -0.3 is 10.4 Å². The van der Waals surface area contributed by atoms with E-state index in [0.29, 0.717) is 5.56 Å². The van der Waals surface area contributed by atoms with Crippen molar-refractivity contribution in [2.24, 2.45) is 0 Å². The van der Waals surface area contributed by atoms with Gasteiger partial charge in [0.05, 0.1) is 3.79 Å². The second kappa shape index (κ2) is 7.19. The first-order valence-corrected chi connectivity index (χ1v) is 7.69. The van der Waals surface area contributed by atoms with E-state index in [2.05, 4.69) is 21.2 Å². The van der Waals surface area contributed by atoms with Gasteiger partial charge in [0.15, 0.2) is 6.04 Å². The number of halogens is 1.